The number of nitrogens with zero attached hydrogens (tertiary/aromatic N) is 3. The first-order valence-electron chi connectivity index (χ1n) is 9.76. The molecule has 2 aromatic rings. The number of para-hydroxylation sites is 1. The number of amides is 1. The normalized spacial score (nSPS) is 20.2. The molecule has 4 rings (SSSR count). The van der Waals surface area contributed by atoms with Gasteiger partial charge in [-0.2, -0.15) is 0 Å². The predicted molar refractivity (Wildman–Crippen MR) is 100 cm³/mol. The monoisotopic (exact) mass is 353 g/mol. The van der Waals surface area contributed by atoms with E-state index < -0.39 is 0 Å². The maximum Gasteiger partial charge on any atom is 0.226 e. The van der Waals surface area contributed by atoms with Crippen LogP contribution in [0.1, 0.15) is 43.8 Å². The molecule has 1 aliphatic carbocycles. The quantitative estimate of drug-likeness (QED) is 0.766. The number of likely N-dealkylation sites (tertiary alicyclic amines) is 1. The van der Waals surface area contributed by atoms with E-state index in [0.717, 1.165) is 50.0 Å². The van der Waals surface area contributed by atoms with Crippen molar-refractivity contribution in [2.45, 2.75) is 44.6 Å². The lowest BCUT2D eigenvalue weighted by molar-refractivity contribution is -0.133. The number of imidazole rings is 1. The van der Waals surface area contributed by atoms with Crippen LogP contribution in [0.4, 0.5) is 0 Å². The zero-order valence-electron chi connectivity index (χ0n) is 15.2. The van der Waals surface area contributed by atoms with Crippen molar-refractivity contribution in [2.24, 2.45) is 5.92 Å². The second-order valence-electron chi connectivity index (χ2n) is 7.47. The number of benzene rings is 1. The van der Waals surface area contributed by atoms with Gasteiger partial charge in [0.15, 0.2) is 0 Å². The number of hydrogen-bond acceptors (Lipinski definition) is 3. The minimum atomic E-state index is 0.186. The van der Waals surface area contributed by atoms with E-state index in [9.17, 15) is 4.79 Å². The van der Waals surface area contributed by atoms with Crippen molar-refractivity contribution < 1.29 is 9.53 Å². The molecule has 1 aromatic heterocycles. The maximum absolute atomic E-state index is 12.6. The van der Waals surface area contributed by atoms with Crippen LogP contribution in [-0.4, -0.2) is 40.1 Å². The molecule has 1 aromatic carbocycles. The van der Waals surface area contributed by atoms with Gasteiger partial charge < -0.3 is 14.2 Å². The molecule has 2 aliphatic rings. The van der Waals surface area contributed by atoms with Gasteiger partial charge in [-0.15, -0.1) is 0 Å². The third kappa shape index (κ3) is 4.26. The zero-order chi connectivity index (χ0) is 17.8. The third-order valence-corrected chi connectivity index (χ3v) is 5.37. The molecule has 26 heavy (non-hydrogen) atoms. The molecule has 1 amide bonds. The Kier molecular flexibility index (Phi) is 5.23. The number of rotatable bonds is 7. The summed E-state index contributed by atoms with van der Waals surface area (Å²) in [4.78, 5) is 19.2. The van der Waals surface area contributed by atoms with Crippen LogP contribution < -0.4 is 4.74 Å². The molecule has 0 spiro atoms. The highest BCUT2D eigenvalue weighted by Gasteiger charge is 2.29. The Hall–Kier alpha value is -2.30. The van der Waals surface area contributed by atoms with E-state index in [1.54, 1.807) is 0 Å². The highest BCUT2D eigenvalue weighted by atomic mass is 16.5. The fourth-order valence-corrected chi connectivity index (χ4v) is 3.76. The highest BCUT2D eigenvalue weighted by Crippen LogP contribution is 2.33. The van der Waals surface area contributed by atoms with Gasteiger partial charge in [0, 0.05) is 37.9 Å². The Morgan fingerprint density at radius 2 is 2.04 bits per heavy atom. The fraction of sp³-hybridized carbons (Fsp3) is 0.524. The number of piperidine rings is 1. The first-order valence-corrected chi connectivity index (χ1v) is 9.76. The molecule has 138 valence electrons. The number of ether oxygens (including phenoxy) is 1. The van der Waals surface area contributed by atoms with Crippen molar-refractivity contribution in [1.82, 2.24) is 14.5 Å². The Balaban J connectivity index is 1.30. The highest BCUT2D eigenvalue weighted by molar-refractivity contribution is 5.76. The van der Waals surface area contributed by atoms with Crippen molar-refractivity contribution in [1.29, 1.82) is 0 Å². The van der Waals surface area contributed by atoms with Gasteiger partial charge in [0.25, 0.3) is 0 Å². The van der Waals surface area contributed by atoms with Gasteiger partial charge in [-0.3, -0.25) is 4.79 Å². The van der Waals surface area contributed by atoms with Crippen molar-refractivity contribution in [2.75, 3.05) is 19.7 Å². The lowest BCUT2D eigenvalue weighted by Crippen LogP contribution is -2.40. The molecular formula is C21H27N3O2. The standard InChI is InChI=1S/C21H27N3O2/c25-20(10-14-26-19-6-2-1-3-7-19)23-12-4-5-18(16-23)21-22-11-13-24(21)15-17-8-9-17/h1-3,6-7,11,13,17-18H,4-5,8-10,12,14-16H2. The fourth-order valence-electron chi connectivity index (χ4n) is 3.76. The predicted octanol–water partition coefficient (Wildman–Crippen LogP) is 3.47. The van der Waals surface area contributed by atoms with Crippen molar-refractivity contribution >= 4 is 5.91 Å². The maximum atomic E-state index is 12.6. The van der Waals surface area contributed by atoms with Gasteiger partial charge in [0.05, 0.1) is 13.0 Å². The minimum Gasteiger partial charge on any atom is -0.493 e. The lowest BCUT2D eigenvalue weighted by atomic mass is 9.96. The summed E-state index contributed by atoms with van der Waals surface area (Å²) in [6.07, 6.45) is 9.28. The molecule has 1 aliphatic heterocycles. The molecular weight excluding hydrogens is 326 g/mol. The molecule has 0 N–H and O–H groups in total. The molecule has 1 atom stereocenters. The number of hydrogen-bond donors (Lipinski definition) is 0. The van der Waals surface area contributed by atoms with Gasteiger partial charge in [-0.25, -0.2) is 4.98 Å². The van der Waals surface area contributed by atoms with Crippen molar-refractivity contribution in [3.63, 3.8) is 0 Å². The molecule has 1 saturated carbocycles. The summed E-state index contributed by atoms with van der Waals surface area (Å²) in [7, 11) is 0. The van der Waals surface area contributed by atoms with Crippen LogP contribution in [-0.2, 0) is 11.3 Å². The second kappa shape index (κ2) is 7.94. The van der Waals surface area contributed by atoms with Gasteiger partial charge in [0.1, 0.15) is 11.6 Å². The SMILES string of the molecule is O=C(CCOc1ccccc1)N1CCCC(c2nccn2CC2CC2)C1. The smallest absolute Gasteiger partial charge is 0.226 e. The molecule has 2 heterocycles. The average Bonchev–Trinajstić information content (AvgIpc) is 3.37. The molecule has 1 saturated heterocycles. The van der Waals surface area contributed by atoms with Crippen LogP contribution in [0.15, 0.2) is 42.7 Å². The number of carbonyl (C=O) groups is 1. The van der Waals surface area contributed by atoms with Crippen LogP contribution in [0.3, 0.4) is 0 Å². The van der Waals surface area contributed by atoms with E-state index >= 15 is 0 Å². The summed E-state index contributed by atoms with van der Waals surface area (Å²) >= 11 is 0. The van der Waals surface area contributed by atoms with Gasteiger partial charge in [-0.05, 0) is 43.7 Å². The van der Waals surface area contributed by atoms with E-state index in [0.29, 0.717) is 18.9 Å². The molecule has 1 unspecified atom stereocenters. The van der Waals surface area contributed by atoms with Crippen LogP contribution in [0.25, 0.3) is 0 Å². The average molecular weight is 353 g/mol. The zero-order valence-corrected chi connectivity index (χ0v) is 15.2. The minimum absolute atomic E-state index is 0.186. The van der Waals surface area contributed by atoms with Crippen LogP contribution in [0.5, 0.6) is 5.75 Å². The lowest BCUT2D eigenvalue weighted by Gasteiger charge is -2.32. The number of carbonyl (C=O) groups excluding carboxylic acids is 1. The largest absolute Gasteiger partial charge is 0.493 e. The van der Waals surface area contributed by atoms with E-state index in [-0.39, 0.29) is 5.91 Å². The summed E-state index contributed by atoms with van der Waals surface area (Å²) in [5.41, 5.74) is 0. The molecule has 0 bridgehead atoms. The number of aromatic nitrogens is 2. The molecule has 0 radical (unpaired) electrons. The van der Waals surface area contributed by atoms with E-state index in [1.165, 1.54) is 12.8 Å². The van der Waals surface area contributed by atoms with Crippen LogP contribution >= 0.6 is 0 Å². The summed E-state index contributed by atoms with van der Waals surface area (Å²) < 4.78 is 7.99. The van der Waals surface area contributed by atoms with E-state index in [2.05, 4.69) is 15.7 Å². The van der Waals surface area contributed by atoms with Gasteiger partial charge in [0.2, 0.25) is 5.91 Å². The first kappa shape index (κ1) is 17.1. The molecule has 5 heteroatoms. The third-order valence-electron chi connectivity index (χ3n) is 5.37. The Morgan fingerprint density at radius 1 is 1.19 bits per heavy atom. The summed E-state index contributed by atoms with van der Waals surface area (Å²) in [5.74, 6) is 3.36. The first-order chi connectivity index (χ1) is 12.8. The van der Waals surface area contributed by atoms with Crippen LogP contribution in [0, 0.1) is 5.92 Å². The Bertz CT molecular complexity index is 724. The van der Waals surface area contributed by atoms with Gasteiger partial charge in [-0.1, -0.05) is 18.2 Å². The summed E-state index contributed by atoms with van der Waals surface area (Å²) in [5, 5.41) is 0. The summed E-state index contributed by atoms with van der Waals surface area (Å²) in [6, 6.07) is 9.67. The second-order valence-corrected chi connectivity index (χ2v) is 7.47. The molecule has 5 nitrogen and oxygen atoms in total. The van der Waals surface area contributed by atoms with Crippen molar-refractivity contribution in [3.05, 3.63) is 48.5 Å². The van der Waals surface area contributed by atoms with E-state index in [1.807, 2.05) is 41.4 Å². The van der Waals surface area contributed by atoms with E-state index in [4.69, 9.17) is 4.74 Å². The molecule has 2 fully saturated rings. The Labute approximate surface area is 155 Å². The Morgan fingerprint density at radius 3 is 2.85 bits per heavy atom. The van der Waals surface area contributed by atoms with Crippen LogP contribution in [0.2, 0.25) is 0 Å². The van der Waals surface area contributed by atoms with Gasteiger partial charge >= 0.3 is 0 Å². The summed E-state index contributed by atoms with van der Waals surface area (Å²) in [6.45, 7) is 3.15. The topological polar surface area (TPSA) is 47.4 Å². The van der Waals surface area contributed by atoms with Crippen molar-refractivity contribution in [3.8, 4) is 5.75 Å².